The van der Waals surface area contributed by atoms with E-state index in [0.29, 0.717) is 33.3 Å². The molecule has 3 rings (SSSR count). The molecule has 0 aliphatic rings. The second-order valence-corrected chi connectivity index (χ2v) is 8.87. The van der Waals surface area contributed by atoms with Crippen molar-refractivity contribution in [2.24, 2.45) is 12.2 Å². The van der Waals surface area contributed by atoms with Gasteiger partial charge >= 0.3 is 0 Å². The molecule has 0 saturated carbocycles. The zero-order valence-corrected chi connectivity index (χ0v) is 17.6. The second kappa shape index (κ2) is 7.72. The van der Waals surface area contributed by atoms with E-state index in [1.165, 1.54) is 12.1 Å². The maximum absolute atomic E-state index is 13.0. The molecule has 0 saturated heterocycles. The van der Waals surface area contributed by atoms with Gasteiger partial charge in [0.2, 0.25) is 15.8 Å². The molecule has 0 radical (unpaired) electrons. The van der Waals surface area contributed by atoms with Crippen molar-refractivity contribution in [3.05, 3.63) is 86.7 Å². The topological polar surface area (TPSA) is 82.2 Å². The van der Waals surface area contributed by atoms with Gasteiger partial charge in [0.1, 0.15) is 0 Å². The van der Waals surface area contributed by atoms with E-state index in [2.05, 4.69) is 0 Å². The third-order valence-corrected chi connectivity index (χ3v) is 6.31. The molecule has 2 aromatic carbocycles. The normalized spacial score (nSPS) is 11.6. The van der Waals surface area contributed by atoms with Crippen LogP contribution in [0.4, 0.5) is 0 Å². The maximum atomic E-state index is 13.0. The summed E-state index contributed by atoms with van der Waals surface area (Å²) in [5.74, 6) is -0.144. The first-order valence-electron chi connectivity index (χ1n) is 8.35. The number of hydrogen-bond acceptors (Lipinski definition) is 3. The quantitative estimate of drug-likeness (QED) is 0.610. The van der Waals surface area contributed by atoms with Crippen LogP contribution in [0.2, 0.25) is 10.0 Å². The highest BCUT2D eigenvalue weighted by Crippen LogP contribution is 2.30. The molecule has 0 amide bonds. The van der Waals surface area contributed by atoms with Crippen LogP contribution in [0.15, 0.2) is 53.4 Å². The number of nitrogens with zero attached hydrogens (tertiary/aromatic N) is 1. The Hall–Kier alpha value is -2.12. The van der Waals surface area contributed by atoms with E-state index in [1.807, 2.05) is 0 Å². The van der Waals surface area contributed by atoms with Crippen LogP contribution >= 0.6 is 23.2 Å². The van der Waals surface area contributed by atoms with E-state index in [4.69, 9.17) is 28.3 Å². The second-order valence-electron chi connectivity index (χ2n) is 6.50. The Morgan fingerprint density at radius 1 is 1.04 bits per heavy atom. The van der Waals surface area contributed by atoms with Crippen molar-refractivity contribution in [3.63, 3.8) is 0 Å². The van der Waals surface area contributed by atoms with Crippen LogP contribution in [0.3, 0.4) is 0 Å². The zero-order chi connectivity index (χ0) is 20.6. The van der Waals surface area contributed by atoms with Gasteiger partial charge in [0.25, 0.3) is 0 Å². The summed E-state index contributed by atoms with van der Waals surface area (Å²) >= 11 is 12.4. The van der Waals surface area contributed by atoms with Gasteiger partial charge in [0.05, 0.1) is 15.6 Å². The molecular formula is C20H18Cl2N2O3S. The molecule has 5 nitrogen and oxygen atoms in total. The molecule has 0 bridgehead atoms. The summed E-state index contributed by atoms with van der Waals surface area (Å²) < 4.78 is 24.6. The molecule has 0 spiro atoms. The van der Waals surface area contributed by atoms with Crippen LogP contribution in [-0.4, -0.2) is 18.8 Å². The van der Waals surface area contributed by atoms with Gasteiger partial charge in [-0.05, 0) is 54.4 Å². The summed E-state index contributed by atoms with van der Waals surface area (Å²) in [7, 11) is -1.95. The molecule has 8 heteroatoms. The molecule has 0 atom stereocenters. The Morgan fingerprint density at radius 3 is 2.14 bits per heavy atom. The summed E-state index contributed by atoms with van der Waals surface area (Å²) in [5.41, 5.74) is 3.33. The Balaban J connectivity index is 1.96. The highest BCUT2D eigenvalue weighted by Gasteiger charge is 2.23. The van der Waals surface area contributed by atoms with Crippen LogP contribution in [0.5, 0.6) is 0 Å². The summed E-state index contributed by atoms with van der Waals surface area (Å²) in [5, 5.41) is 6.20. The van der Waals surface area contributed by atoms with Crippen LogP contribution in [0.25, 0.3) is 0 Å². The van der Waals surface area contributed by atoms with Crippen LogP contribution in [-0.2, 0) is 23.5 Å². The Labute approximate surface area is 173 Å². The number of benzene rings is 2. The van der Waals surface area contributed by atoms with E-state index >= 15 is 0 Å². The number of sulfonamides is 1. The first-order chi connectivity index (χ1) is 13.1. The lowest BCUT2D eigenvalue weighted by atomic mass is 10.1. The molecule has 1 aromatic heterocycles. The Bertz CT molecular complexity index is 1150. The average molecular weight is 437 g/mol. The smallest absolute Gasteiger partial charge is 0.238 e. The van der Waals surface area contributed by atoms with Crippen LogP contribution in [0, 0.1) is 6.92 Å². The van der Waals surface area contributed by atoms with Crippen molar-refractivity contribution in [2.45, 2.75) is 18.2 Å². The number of primary sulfonamides is 1. The van der Waals surface area contributed by atoms with E-state index in [-0.39, 0.29) is 10.7 Å². The highest BCUT2D eigenvalue weighted by atomic mass is 35.5. The minimum absolute atomic E-state index is 0.0454. The van der Waals surface area contributed by atoms with Gasteiger partial charge in [-0.3, -0.25) is 4.79 Å². The summed E-state index contributed by atoms with van der Waals surface area (Å²) in [6.45, 7) is 1.80. The molecule has 1 heterocycles. The largest absolute Gasteiger partial charge is 0.343 e. The SMILES string of the molecule is Cc1c(Cl)c(Cc2ccc(S(N)(=O)=O)cc2)n(C)c1C(=O)c1ccc(Cl)cc1. The molecule has 0 aliphatic heterocycles. The van der Waals surface area contributed by atoms with Gasteiger partial charge < -0.3 is 4.57 Å². The third-order valence-electron chi connectivity index (χ3n) is 4.62. The van der Waals surface area contributed by atoms with Gasteiger partial charge in [-0.15, -0.1) is 0 Å². The molecule has 0 unspecified atom stereocenters. The van der Waals surface area contributed by atoms with Crippen molar-refractivity contribution < 1.29 is 13.2 Å². The minimum Gasteiger partial charge on any atom is -0.343 e. The van der Waals surface area contributed by atoms with Crippen molar-refractivity contribution in [3.8, 4) is 0 Å². The zero-order valence-electron chi connectivity index (χ0n) is 15.2. The standard InChI is InChI=1S/C20H18Cl2N2O3S/c1-12-18(22)17(11-13-3-9-16(10-4-13)28(23,26)27)24(2)19(12)20(25)14-5-7-15(21)8-6-14/h3-10H,11H2,1-2H3,(H2,23,26,27). The molecule has 146 valence electrons. The van der Waals surface area contributed by atoms with E-state index in [1.54, 1.807) is 54.9 Å². The molecule has 2 N–H and O–H groups in total. The Morgan fingerprint density at radius 2 is 1.61 bits per heavy atom. The van der Waals surface area contributed by atoms with Crippen molar-refractivity contribution in [1.82, 2.24) is 4.57 Å². The first kappa shape index (κ1) is 20.6. The molecule has 28 heavy (non-hydrogen) atoms. The fraction of sp³-hybridized carbons (Fsp3) is 0.150. The highest BCUT2D eigenvalue weighted by molar-refractivity contribution is 7.89. The van der Waals surface area contributed by atoms with Crippen molar-refractivity contribution in [1.29, 1.82) is 0 Å². The minimum atomic E-state index is -3.74. The number of hydrogen-bond donors (Lipinski definition) is 1. The van der Waals surface area contributed by atoms with Gasteiger partial charge in [-0.25, -0.2) is 13.6 Å². The van der Waals surface area contributed by atoms with Crippen molar-refractivity contribution in [2.75, 3.05) is 0 Å². The lowest BCUT2D eigenvalue weighted by molar-refractivity contribution is 0.103. The lowest BCUT2D eigenvalue weighted by Gasteiger charge is -2.09. The monoisotopic (exact) mass is 436 g/mol. The number of rotatable bonds is 5. The number of nitrogens with two attached hydrogens (primary N) is 1. The number of ketones is 1. The average Bonchev–Trinajstić information content (AvgIpc) is 2.85. The van der Waals surface area contributed by atoms with Gasteiger partial charge in [-0.2, -0.15) is 0 Å². The van der Waals surface area contributed by atoms with E-state index < -0.39 is 10.0 Å². The van der Waals surface area contributed by atoms with Crippen LogP contribution in [0.1, 0.15) is 32.9 Å². The van der Waals surface area contributed by atoms with E-state index in [9.17, 15) is 13.2 Å². The molecule has 0 aliphatic carbocycles. The number of carbonyl (C=O) groups excluding carboxylic acids is 1. The molecule has 0 fully saturated rings. The number of carbonyl (C=O) groups is 1. The maximum Gasteiger partial charge on any atom is 0.238 e. The predicted molar refractivity (Wildman–Crippen MR) is 111 cm³/mol. The fourth-order valence-corrected chi connectivity index (χ4v) is 4.03. The van der Waals surface area contributed by atoms with Gasteiger partial charge in [0, 0.05) is 29.7 Å². The number of aromatic nitrogens is 1. The van der Waals surface area contributed by atoms with Crippen molar-refractivity contribution >= 4 is 39.0 Å². The fourth-order valence-electron chi connectivity index (χ4n) is 3.10. The van der Waals surface area contributed by atoms with Gasteiger partial charge in [-0.1, -0.05) is 35.3 Å². The summed E-state index contributed by atoms with van der Waals surface area (Å²) in [6.07, 6.45) is 0.439. The summed E-state index contributed by atoms with van der Waals surface area (Å²) in [6, 6.07) is 13.0. The predicted octanol–water partition coefficient (Wildman–Crippen LogP) is 4.11. The lowest BCUT2D eigenvalue weighted by Crippen LogP contribution is -2.12. The number of halogens is 2. The van der Waals surface area contributed by atoms with Gasteiger partial charge in [0.15, 0.2) is 0 Å². The Kier molecular flexibility index (Phi) is 5.68. The first-order valence-corrected chi connectivity index (χ1v) is 10.7. The molecule has 3 aromatic rings. The summed E-state index contributed by atoms with van der Waals surface area (Å²) in [4.78, 5) is 13.0. The van der Waals surface area contributed by atoms with Crippen LogP contribution < -0.4 is 5.14 Å². The third kappa shape index (κ3) is 4.00. The molecular weight excluding hydrogens is 419 g/mol. The van der Waals surface area contributed by atoms with E-state index in [0.717, 1.165) is 11.3 Å².